The lowest BCUT2D eigenvalue weighted by Gasteiger charge is -2.20. The summed E-state index contributed by atoms with van der Waals surface area (Å²) >= 11 is 0. The number of ether oxygens (including phenoxy) is 1. The third-order valence-corrected chi connectivity index (χ3v) is 1.90. The van der Waals surface area contributed by atoms with E-state index in [1.807, 2.05) is 0 Å². The Hall–Kier alpha value is -0.610. The van der Waals surface area contributed by atoms with Crippen molar-refractivity contribution >= 4 is 5.97 Å². The highest BCUT2D eigenvalue weighted by atomic mass is 16.5. The maximum Gasteiger partial charge on any atom is 0.323 e. The fourth-order valence-electron chi connectivity index (χ4n) is 1.01. The van der Waals surface area contributed by atoms with E-state index in [-0.39, 0.29) is 12.0 Å². The van der Waals surface area contributed by atoms with Gasteiger partial charge in [0.15, 0.2) is 0 Å². The van der Waals surface area contributed by atoms with Gasteiger partial charge in [0.1, 0.15) is 6.04 Å². The van der Waals surface area contributed by atoms with Crippen molar-refractivity contribution in [3.8, 4) is 0 Å². The summed E-state index contributed by atoms with van der Waals surface area (Å²) in [4.78, 5) is 10.7. The van der Waals surface area contributed by atoms with Crippen LogP contribution in [-0.4, -0.2) is 37.4 Å². The zero-order valence-corrected chi connectivity index (χ0v) is 9.46. The number of hydrogen-bond acceptors (Lipinski definition) is 3. The molecule has 1 atom stereocenters. The smallest absolute Gasteiger partial charge is 0.323 e. The molecule has 4 heteroatoms. The van der Waals surface area contributed by atoms with Crippen molar-refractivity contribution in [3.63, 3.8) is 0 Å². The molecule has 0 aliphatic heterocycles. The van der Waals surface area contributed by atoms with Crippen LogP contribution >= 0.6 is 0 Å². The topological polar surface area (TPSA) is 58.6 Å². The summed E-state index contributed by atoms with van der Waals surface area (Å²) in [5.74, 6) is -0.860. The van der Waals surface area contributed by atoms with E-state index in [9.17, 15) is 4.79 Å². The summed E-state index contributed by atoms with van der Waals surface area (Å²) in [6, 6.07) is -0.595. The first-order valence-corrected chi connectivity index (χ1v) is 4.82. The molecule has 0 spiro atoms. The number of hydrogen-bond donors (Lipinski definition) is 2. The molecule has 0 radical (unpaired) electrons. The van der Waals surface area contributed by atoms with E-state index in [0.717, 1.165) is 6.42 Å². The number of methoxy groups -OCH3 is 1. The summed E-state index contributed by atoms with van der Waals surface area (Å²) in [5.41, 5.74) is 0.225. The third kappa shape index (κ3) is 6.86. The highest BCUT2D eigenvalue weighted by Gasteiger charge is 2.17. The van der Waals surface area contributed by atoms with Crippen LogP contribution in [0.2, 0.25) is 0 Å². The van der Waals surface area contributed by atoms with Gasteiger partial charge in [-0.25, -0.2) is 0 Å². The second-order valence-electron chi connectivity index (χ2n) is 4.61. The van der Waals surface area contributed by atoms with Crippen LogP contribution in [0.5, 0.6) is 0 Å². The van der Waals surface area contributed by atoms with E-state index in [1.54, 1.807) is 0 Å². The highest BCUT2D eigenvalue weighted by Crippen LogP contribution is 2.16. The van der Waals surface area contributed by atoms with Crippen molar-refractivity contribution in [3.05, 3.63) is 0 Å². The standard InChI is InChI=1S/C10H21NO3/c1-10(2,3)5-6-11-8(7-14-4)9(12)13/h8,11H,5-7H2,1-4H3,(H,12,13). The Balaban J connectivity index is 3.77. The van der Waals surface area contributed by atoms with Gasteiger partial charge in [-0.2, -0.15) is 0 Å². The van der Waals surface area contributed by atoms with Crippen molar-refractivity contribution in [2.24, 2.45) is 5.41 Å². The van der Waals surface area contributed by atoms with Gasteiger partial charge in [-0.15, -0.1) is 0 Å². The van der Waals surface area contributed by atoms with Crippen LogP contribution in [0.4, 0.5) is 0 Å². The molecule has 4 nitrogen and oxygen atoms in total. The van der Waals surface area contributed by atoms with Gasteiger partial charge < -0.3 is 15.2 Å². The summed E-state index contributed by atoms with van der Waals surface area (Å²) < 4.78 is 4.80. The van der Waals surface area contributed by atoms with Crippen LogP contribution in [0.25, 0.3) is 0 Å². The maximum atomic E-state index is 10.7. The second kappa shape index (κ2) is 5.98. The summed E-state index contributed by atoms with van der Waals surface area (Å²) in [5, 5.41) is 11.7. The summed E-state index contributed by atoms with van der Waals surface area (Å²) in [7, 11) is 1.50. The first-order valence-electron chi connectivity index (χ1n) is 4.82. The summed E-state index contributed by atoms with van der Waals surface area (Å²) in [6.45, 7) is 7.28. The Morgan fingerprint density at radius 1 is 1.50 bits per heavy atom. The van der Waals surface area contributed by atoms with Gasteiger partial charge in [-0.05, 0) is 18.4 Å². The highest BCUT2D eigenvalue weighted by molar-refractivity contribution is 5.73. The predicted octanol–water partition coefficient (Wildman–Crippen LogP) is 1.11. The Morgan fingerprint density at radius 2 is 2.07 bits per heavy atom. The lowest BCUT2D eigenvalue weighted by molar-refractivity contribution is -0.140. The first kappa shape index (κ1) is 13.4. The zero-order valence-electron chi connectivity index (χ0n) is 9.46. The number of carbonyl (C=O) groups is 1. The van der Waals surface area contributed by atoms with E-state index < -0.39 is 12.0 Å². The Labute approximate surface area is 85.6 Å². The predicted molar refractivity (Wildman–Crippen MR) is 55.4 cm³/mol. The van der Waals surface area contributed by atoms with Gasteiger partial charge in [0.25, 0.3) is 0 Å². The van der Waals surface area contributed by atoms with Gasteiger partial charge in [0.2, 0.25) is 0 Å². The number of carboxylic acid groups (broad SMARTS) is 1. The molecule has 0 rings (SSSR count). The lowest BCUT2D eigenvalue weighted by atomic mass is 9.92. The average Bonchev–Trinajstić information content (AvgIpc) is 2.00. The second-order valence-corrected chi connectivity index (χ2v) is 4.61. The molecule has 1 unspecified atom stereocenters. The Bertz CT molecular complexity index is 175. The number of nitrogens with one attached hydrogen (secondary N) is 1. The van der Waals surface area contributed by atoms with Crippen LogP contribution in [-0.2, 0) is 9.53 Å². The normalized spacial score (nSPS) is 14.0. The molecule has 0 amide bonds. The van der Waals surface area contributed by atoms with E-state index in [2.05, 4.69) is 26.1 Å². The zero-order chi connectivity index (χ0) is 11.2. The van der Waals surface area contributed by atoms with Crippen LogP contribution in [0, 0.1) is 5.41 Å². The van der Waals surface area contributed by atoms with Gasteiger partial charge in [-0.1, -0.05) is 20.8 Å². The number of aliphatic carboxylic acids is 1. The SMILES string of the molecule is COCC(NCCC(C)(C)C)C(=O)O. The molecule has 0 saturated carbocycles. The molecule has 0 aromatic heterocycles. The number of rotatable bonds is 6. The minimum Gasteiger partial charge on any atom is -0.480 e. The maximum absolute atomic E-state index is 10.7. The lowest BCUT2D eigenvalue weighted by Crippen LogP contribution is -2.41. The summed E-state index contributed by atoms with van der Waals surface area (Å²) in [6.07, 6.45) is 0.945. The largest absolute Gasteiger partial charge is 0.480 e. The molecule has 0 bridgehead atoms. The van der Waals surface area contributed by atoms with Crippen molar-refractivity contribution in [2.45, 2.75) is 33.2 Å². The molecule has 14 heavy (non-hydrogen) atoms. The van der Waals surface area contributed by atoms with E-state index in [1.165, 1.54) is 7.11 Å². The minimum absolute atomic E-state index is 0.208. The molecular weight excluding hydrogens is 182 g/mol. The van der Waals surface area contributed by atoms with Gasteiger partial charge in [-0.3, -0.25) is 4.79 Å². The van der Waals surface area contributed by atoms with Crippen molar-refractivity contribution in [2.75, 3.05) is 20.3 Å². The Morgan fingerprint density at radius 3 is 2.43 bits per heavy atom. The van der Waals surface area contributed by atoms with Crippen LogP contribution < -0.4 is 5.32 Å². The third-order valence-electron chi connectivity index (χ3n) is 1.90. The molecule has 0 aromatic carbocycles. The van der Waals surface area contributed by atoms with Crippen LogP contribution in [0.15, 0.2) is 0 Å². The van der Waals surface area contributed by atoms with Crippen molar-refractivity contribution in [1.82, 2.24) is 5.32 Å². The van der Waals surface area contributed by atoms with Gasteiger partial charge in [0, 0.05) is 7.11 Å². The average molecular weight is 203 g/mol. The fraction of sp³-hybridized carbons (Fsp3) is 0.900. The van der Waals surface area contributed by atoms with Crippen molar-refractivity contribution < 1.29 is 14.6 Å². The monoisotopic (exact) mass is 203 g/mol. The molecule has 0 aromatic rings. The van der Waals surface area contributed by atoms with Gasteiger partial charge >= 0.3 is 5.97 Å². The minimum atomic E-state index is -0.860. The molecular formula is C10H21NO3. The van der Waals surface area contributed by atoms with Crippen LogP contribution in [0.1, 0.15) is 27.2 Å². The van der Waals surface area contributed by atoms with Crippen molar-refractivity contribution in [1.29, 1.82) is 0 Å². The van der Waals surface area contributed by atoms with Gasteiger partial charge in [0.05, 0.1) is 6.61 Å². The number of carboxylic acids is 1. The fourth-order valence-corrected chi connectivity index (χ4v) is 1.01. The van der Waals surface area contributed by atoms with E-state index >= 15 is 0 Å². The Kier molecular flexibility index (Phi) is 5.72. The van der Waals surface area contributed by atoms with E-state index in [0.29, 0.717) is 6.54 Å². The molecule has 2 N–H and O–H groups in total. The molecule has 0 aliphatic rings. The molecule has 0 saturated heterocycles. The molecule has 0 heterocycles. The first-order chi connectivity index (χ1) is 6.37. The quantitative estimate of drug-likeness (QED) is 0.679. The molecule has 84 valence electrons. The molecule has 0 aliphatic carbocycles. The van der Waals surface area contributed by atoms with E-state index in [4.69, 9.17) is 9.84 Å². The molecule has 0 fully saturated rings. The van der Waals surface area contributed by atoms with Crippen LogP contribution in [0.3, 0.4) is 0 Å².